The van der Waals surface area contributed by atoms with Gasteiger partial charge in [0.15, 0.2) is 0 Å². The minimum atomic E-state index is -0.603. The number of fused-ring (bicyclic) bond motifs is 2. The molecule has 2 fully saturated rings. The number of guanidine groups is 1. The highest BCUT2D eigenvalue weighted by atomic mass is 16.5. The van der Waals surface area contributed by atoms with Gasteiger partial charge < -0.3 is 19.6 Å². The molecule has 1 saturated carbocycles. The standard InChI is InChI=1S/C22H30N4O4/c1-25(16-6-3-2-4-7-16)20(28)8-5-11-30-17-9-10-18-15(12-17)13-26-19(14-27)21(29)24-22(26)23-18/h9-10,12,16,19,27H,2-8,11,13-14H2,1H3,(H,23,24,29)/t19-/m1/s1. The molecule has 0 radical (unpaired) electrons. The highest BCUT2D eigenvalue weighted by Gasteiger charge is 2.38. The summed E-state index contributed by atoms with van der Waals surface area (Å²) in [6, 6.07) is 5.44. The van der Waals surface area contributed by atoms with Crippen molar-refractivity contribution in [1.29, 1.82) is 0 Å². The number of ether oxygens (including phenoxy) is 1. The van der Waals surface area contributed by atoms with Crippen LogP contribution in [0.5, 0.6) is 5.75 Å². The highest BCUT2D eigenvalue weighted by Crippen LogP contribution is 2.32. The average Bonchev–Trinajstić information content (AvgIpc) is 3.08. The minimum absolute atomic E-state index is 0.194. The zero-order valence-corrected chi connectivity index (χ0v) is 17.5. The Morgan fingerprint density at radius 2 is 2.13 bits per heavy atom. The lowest BCUT2D eigenvalue weighted by molar-refractivity contribution is -0.132. The van der Waals surface area contributed by atoms with Crippen molar-refractivity contribution in [3.05, 3.63) is 23.8 Å². The predicted molar refractivity (Wildman–Crippen MR) is 112 cm³/mol. The summed E-state index contributed by atoms with van der Waals surface area (Å²) in [5.74, 6) is 1.17. The molecule has 0 unspecified atom stereocenters. The first-order valence-corrected chi connectivity index (χ1v) is 10.9. The molecule has 8 nitrogen and oxygen atoms in total. The molecule has 2 heterocycles. The number of hydrogen-bond acceptors (Lipinski definition) is 6. The summed E-state index contributed by atoms with van der Waals surface area (Å²) < 4.78 is 5.86. The van der Waals surface area contributed by atoms with Gasteiger partial charge in [-0.2, -0.15) is 0 Å². The summed E-state index contributed by atoms with van der Waals surface area (Å²) in [5, 5.41) is 12.2. The molecule has 1 aromatic carbocycles. The second-order valence-corrected chi connectivity index (χ2v) is 8.29. The number of rotatable bonds is 7. The van der Waals surface area contributed by atoms with Gasteiger partial charge in [-0.05, 0) is 37.5 Å². The van der Waals surface area contributed by atoms with Crippen molar-refractivity contribution < 1.29 is 19.4 Å². The maximum atomic E-state index is 12.4. The van der Waals surface area contributed by atoms with Crippen molar-refractivity contribution in [2.24, 2.45) is 4.99 Å². The molecule has 162 valence electrons. The maximum Gasteiger partial charge on any atom is 0.251 e. The Hall–Kier alpha value is -2.61. The molecule has 2 amide bonds. The third-order valence-electron chi connectivity index (χ3n) is 6.30. The lowest BCUT2D eigenvalue weighted by Crippen LogP contribution is -2.39. The lowest BCUT2D eigenvalue weighted by Gasteiger charge is -2.31. The third kappa shape index (κ3) is 4.28. The van der Waals surface area contributed by atoms with E-state index in [1.165, 1.54) is 19.3 Å². The molecule has 2 N–H and O–H groups in total. The zero-order chi connectivity index (χ0) is 21.1. The van der Waals surface area contributed by atoms with Gasteiger partial charge in [0.1, 0.15) is 11.8 Å². The van der Waals surface area contributed by atoms with Crippen LogP contribution in [0.3, 0.4) is 0 Å². The quantitative estimate of drug-likeness (QED) is 0.665. The first kappa shape index (κ1) is 20.7. The van der Waals surface area contributed by atoms with E-state index in [2.05, 4.69) is 10.3 Å². The number of aliphatic hydroxyl groups excluding tert-OH is 1. The summed E-state index contributed by atoms with van der Waals surface area (Å²) >= 11 is 0. The predicted octanol–water partition coefficient (Wildman–Crippen LogP) is 1.93. The second kappa shape index (κ2) is 9.04. The zero-order valence-electron chi connectivity index (χ0n) is 17.5. The molecule has 0 bridgehead atoms. The molecule has 30 heavy (non-hydrogen) atoms. The van der Waals surface area contributed by atoms with Crippen LogP contribution in [0, 0.1) is 0 Å². The van der Waals surface area contributed by atoms with Gasteiger partial charge in [0.05, 0.1) is 18.9 Å². The molecular weight excluding hydrogens is 384 g/mol. The van der Waals surface area contributed by atoms with Crippen LogP contribution in [0.1, 0.15) is 50.5 Å². The number of aliphatic hydroxyl groups is 1. The number of benzene rings is 1. The fourth-order valence-electron chi connectivity index (χ4n) is 4.46. The fraction of sp³-hybridized carbons (Fsp3) is 0.591. The van der Waals surface area contributed by atoms with Crippen molar-refractivity contribution in [1.82, 2.24) is 15.1 Å². The number of nitrogens with one attached hydrogen (secondary N) is 1. The van der Waals surface area contributed by atoms with Crippen LogP contribution >= 0.6 is 0 Å². The molecule has 1 saturated heterocycles. The van der Waals surface area contributed by atoms with E-state index in [1.54, 1.807) is 4.90 Å². The second-order valence-electron chi connectivity index (χ2n) is 8.29. The summed E-state index contributed by atoms with van der Waals surface area (Å²) in [7, 11) is 1.93. The van der Waals surface area contributed by atoms with E-state index in [1.807, 2.05) is 30.1 Å². The molecule has 8 heteroatoms. The van der Waals surface area contributed by atoms with Gasteiger partial charge in [0.2, 0.25) is 11.9 Å². The van der Waals surface area contributed by atoms with Crippen LogP contribution in [-0.2, 0) is 16.1 Å². The van der Waals surface area contributed by atoms with Gasteiger partial charge in [-0.15, -0.1) is 0 Å². The maximum absolute atomic E-state index is 12.4. The molecule has 0 aromatic heterocycles. The van der Waals surface area contributed by atoms with Gasteiger partial charge in [0.25, 0.3) is 5.91 Å². The van der Waals surface area contributed by atoms with Crippen molar-refractivity contribution >= 4 is 23.5 Å². The molecule has 2 aliphatic heterocycles. The van der Waals surface area contributed by atoms with Crippen LogP contribution in [-0.4, -0.2) is 65.0 Å². The van der Waals surface area contributed by atoms with Gasteiger partial charge in [-0.3, -0.25) is 14.9 Å². The van der Waals surface area contributed by atoms with E-state index < -0.39 is 6.04 Å². The van der Waals surface area contributed by atoms with Gasteiger partial charge in [-0.25, -0.2) is 4.99 Å². The van der Waals surface area contributed by atoms with E-state index in [0.29, 0.717) is 38.0 Å². The Morgan fingerprint density at radius 3 is 2.90 bits per heavy atom. The first-order valence-electron chi connectivity index (χ1n) is 10.9. The largest absolute Gasteiger partial charge is 0.494 e. The number of aliphatic imine (C=N–C) groups is 1. The smallest absolute Gasteiger partial charge is 0.251 e. The van der Waals surface area contributed by atoms with Gasteiger partial charge in [-0.1, -0.05) is 19.3 Å². The number of carbonyl (C=O) groups is 2. The van der Waals surface area contributed by atoms with Gasteiger partial charge >= 0.3 is 0 Å². The fourth-order valence-corrected chi connectivity index (χ4v) is 4.46. The highest BCUT2D eigenvalue weighted by molar-refractivity contribution is 6.07. The molecule has 1 atom stereocenters. The monoisotopic (exact) mass is 414 g/mol. The van der Waals surface area contributed by atoms with E-state index in [-0.39, 0.29) is 18.4 Å². The SMILES string of the molecule is CN(C(=O)CCCOc1ccc2c(c1)CN1C(=N2)NC(=O)[C@H]1CO)C1CCCCC1. The van der Waals surface area contributed by atoms with Crippen LogP contribution in [0.2, 0.25) is 0 Å². The summed E-state index contributed by atoms with van der Waals surface area (Å²) in [6.07, 6.45) is 7.12. The van der Waals surface area contributed by atoms with Crippen LogP contribution < -0.4 is 10.1 Å². The lowest BCUT2D eigenvalue weighted by atomic mass is 9.94. The molecular formula is C22H30N4O4. The number of carbonyl (C=O) groups excluding carboxylic acids is 2. The Kier molecular flexibility index (Phi) is 6.22. The first-order chi connectivity index (χ1) is 14.6. The van der Waals surface area contributed by atoms with Crippen molar-refractivity contribution in [2.45, 2.75) is 63.6 Å². The number of hydrogen-bond donors (Lipinski definition) is 2. The Balaban J connectivity index is 1.27. The molecule has 1 aliphatic carbocycles. The average molecular weight is 415 g/mol. The Morgan fingerprint density at radius 1 is 1.33 bits per heavy atom. The van der Waals surface area contributed by atoms with E-state index in [0.717, 1.165) is 29.8 Å². The Labute approximate surface area is 176 Å². The van der Waals surface area contributed by atoms with E-state index >= 15 is 0 Å². The van der Waals surface area contributed by atoms with E-state index in [4.69, 9.17) is 4.74 Å². The van der Waals surface area contributed by atoms with Gasteiger partial charge in [0, 0.05) is 31.6 Å². The molecule has 3 aliphatic rings. The normalized spacial score (nSPS) is 20.9. The third-order valence-corrected chi connectivity index (χ3v) is 6.30. The minimum Gasteiger partial charge on any atom is -0.494 e. The van der Waals surface area contributed by atoms with Crippen molar-refractivity contribution in [3.8, 4) is 5.75 Å². The van der Waals surface area contributed by atoms with Crippen molar-refractivity contribution in [2.75, 3.05) is 20.3 Å². The topological polar surface area (TPSA) is 94.5 Å². The van der Waals surface area contributed by atoms with Crippen molar-refractivity contribution in [3.63, 3.8) is 0 Å². The Bertz CT molecular complexity index is 834. The van der Waals surface area contributed by atoms with Crippen LogP contribution in [0.4, 0.5) is 5.69 Å². The van der Waals surface area contributed by atoms with Crippen LogP contribution in [0.15, 0.2) is 23.2 Å². The molecule has 4 rings (SSSR count). The number of nitrogens with zero attached hydrogens (tertiary/aromatic N) is 3. The molecule has 0 spiro atoms. The van der Waals surface area contributed by atoms with Crippen LogP contribution in [0.25, 0.3) is 0 Å². The summed E-state index contributed by atoms with van der Waals surface area (Å²) in [6.45, 7) is 0.709. The molecule has 1 aromatic rings. The number of amides is 2. The summed E-state index contributed by atoms with van der Waals surface area (Å²) in [5.41, 5.74) is 1.73. The van der Waals surface area contributed by atoms with E-state index in [9.17, 15) is 14.7 Å². The summed E-state index contributed by atoms with van der Waals surface area (Å²) in [4.78, 5) is 32.5.